The molecule has 0 unspecified atom stereocenters. The van der Waals surface area contributed by atoms with Gasteiger partial charge in [-0.15, -0.1) is 0 Å². The number of aryl methyl sites for hydroxylation is 2. The number of anilines is 1. The molecule has 0 atom stereocenters. The van der Waals surface area contributed by atoms with Gasteiger partial charge in [-0.25, -0.2) is 22.5 Å². The fraction of sp³-hybridized carbons (Fsp3) is 0.222. The van der Waals surface area contributed by atoms with Crippen LogP contribution in [0.5, 0.6) is 0 Å². The summed E-state index contributed by atoms with van der Waals surface area (Å²) in [6.45, 7) is 3.89. The van der Waals surface area contributed by atoms with Crippen LogP contribution in [-0.4, -0.2) is 25.9 Å². The molecule has 1 aromatic heterocycles. The van der Waals surface area contributed by atoms with Crippen LogP contribution in [0.3, 0.4) is 0 Å². The van der Waals surface area contributed by atoms with E-state index in [0.29, 0.717) is 5.13 Å². The standard InChI is InChI=1S/C18H18FN3O3S2/c1-11-9-12(2)17-15(10-11)26-18(22-17)21-16(23)7-8-20-27(24,25)14-5-3-13(19)4-6-14/h3-6,9-10,20H,7-8H2,1-2H3,(H,21,22,23). The zero-order chi connectivity index (χ0) is 19.6. The Hall–Kier alpha value is -2.36. The van der Waals surface area contributed by atoms with Crippen molar-refractivity contribution >= 4 is 42.6 Å². The molecule has 9 heteroatoms. The molecule has 2 aromatic carbocycles. The maximum atomic E-state index is 12.9. The highest BCUT2D eigenvalue weighted by molar-refractivity contribution is 7.89. The minimum absolute atomic E-state index is 0.0473. The second kappa shape index (κ2) is 7.71. The first kappa shape index (κ1) is 19.4. The molecule has 3 aromatic rings. The van der Waals surface area contributed by atoms with Gasteiger partial charge >= 0.3 is 0 Å². The van der Waals surface area contributed by atoms with Gasteiger partial charge in [0.05, 0.1) is 15.1 Å². The van der Waals surface area contributed by atoms with Crippen LogP contribution in [0.4, 0.5) is 9.52 Å². The number of benzene rings is 2. The Morgan fingerprint density at radius 2 is 1.89 bits per heavy atom. The zero-order valence-corrected chi connectivity index (χ0v) is 16.4. The monoisotopic (exact) mass is 407 g/mol. The Kier molecular flexibility index (Phi) is 5.54. The van der Waals surface area contributed by atoms with Crippen LogP contribution in [-0.2, 0) is 14.8 Å². The SMILES string of the molecule is Cc1cc(C)c2nc(NC(=O)CCNS(=O)(=O)c3ccc(F)cc3)sc2c1. The van der Waals surface area contributed by atoms with Crippen molar-refractivity contribution in [3.63, 3.8) is 0 Å². The molecule has 1 amide bonds. The van der Waals surface area contributed by atoms with Gasteiger partial charge in [0.25, 0.3) is 0 Å². The third kappa shape index (κ3) is 4.68. The number of carbonyl (C=O) groups is 1. The number of nitrogens with zero attached hydrogens (tertiary/aromatic N) is 1. The first-order valence-electron chi connectivity index (χ1n) is 8.17. The molecule has 1 heterocycles. The van der Waals surface area contributed by atoms with Crippen LogP contribution in [0.1, 0.15) is 17.5 Å². The topological polar surface area (TPSA) is 88.2 Å². The number of hydrogen-bond donors (Lipinski definition) is 2. The number of halogens is 1. The van der Waals surface area contributed by atoms with E-state index in [4.69, 9.17) is 0 Å². The average Bonchev–Trinajstić information content (AvgIpc) is 2.97. The van der Waals surface area contributed by atoms with E-state index in [0.717, 1.165) is 33.5 Å². The highest BCUT2D eigenvalue weighted by Gasteiger charge is 2.15. The maximum Gasteiger partial charge on any atom is 0.240 e. The summed E-state index contributed by atoms with van der Waals surface area (Å²) in [7, 11) is -3.79. The predicted molar refractivity (Wildman–Crippen MR) is 104 cm³/mol. The number of fused-ring (bicyclic) bond motifs is 1. The molecule has 27 heavy (non-hydrogen) atoms. The first-order valence-corrected chi connectivity index (χ1v) is 10.5. The van der Waals surface area contributed by atoms with Gasteiger partial charge in [0.1, 0.15) is 5.82 Å². The van der Waals surface area contributed by atoms with E-state index in [1.54, 1.807) is 0 Å². The highest BCUT2D eigenvalue weighted by Crippen LogP contribution is 2.29. The molecule has 142 valence electrons. The van der Waals surface area contributed by atoms with Crippen LogP contribution >= 0.6 is 11.3 Å². The zero-order valence-electron chi connectivity index (χ0n) is 14.7. The largest absolute Gasteiger partial charge is 0.302 e. The molecule has 0 aliphatic rings. The van der Waals surface area contributed by atoms with E-state index >= 15 is 0 Å². The van der Waals surface area contributed by atoms with Gasteiger partial charge in [0.15, 0.2) is 5.13 Å². The summed E-state index contributed by atoms with van der Waals surface area (Å²) in [5, 5.41) is 3.17. The summed E-state index contributed by atoms with van der Waals surface area (Å²) in [5.74, 6) is -0.861. The number of hydrogen-bond acceptors (Lipinski definition) is 5. The van der Waals surface area contributed by atoms with E-state index in [1.807, 2.05) is 26.0 Å². The van der Waals surface area contributed by atoms with Gasteiger partial charge in [0, 0.05) is 13.0 Å². The van der Waals surface area contributed by atoms with Crippen molar-refractivity contribution in [2.45, 2.75) is 25.2 Å². The Balaban J connectivity index is 1.58. The Morgan fingerprint density at radius 3 is 2.59 bits per heavy atom. The lowest BCUT2D eigenvalue weighted by atomic mass is 10.1. The fourth-order valence-electron chi connectivity index (χ4n) is 2.60. The minimum Gasteiger partial charge on any atom is -0.302 e. The van der Waals surface area contributed by atoms with Gasteiger partial charge in [0.2, 0.25) is 15.9 Å². The van der Waals surface area contributed by atoms with Gasteiger partial charge in [-0.3, -0.25) is 4.79 Å². The fourth-order valence-corrected chi connectivity index (χ4v) is 4.69. The van der Waals surface area contributed by atoms with Crippen LogP contribution in [0.15, 0.2) is 41.3 Å². The van der Waals surface area contributed by atoms with E-state index in [-0.39, 0.29) is 23.8 Å². The van der Waals surface area contributed by atoms with Crippen molar-refractivity contribution in [1.29, 1.82) is 0 Å². The van der Waals surface area contributed by atoms with Gasteiger partial charge < -0.3 is 5.32 Å². The molecule has 0 spiro atoms. The number of rotatable bonds is 6. The van der Waals surface area contributed by atoms with Crippen molar-refractivity contribution in [2.75, 3.05) is 11.9 Å². The van der Waals surface area contributed by atoms with Crippen LogP contribution in [0.25, 0.3) is 10.2 Å². The molecular weight excluding hydrogens is 389 g/mol. The van der Waals surface area contributed by atoms with Crippen molar-refractivity contribution < 1.29 is 17.6 Å². The molecule has 3 rings (SSSR count). The second-order valence-electron chi connectivity index (χ2n) is 6.10. The molecule has 0 saturated heterocycles. The number of aromatic nitrogens is 1. The van der Waals surface area contributed by atoms with E-state index in [2.05, 4.69) is 15.0 Å². The third-order valence-corrected chi connectivity index (χ3v) is 6.24. The first-order chi connectivity index (χ1) is 12.7. The Morgan fingerprint density at radius 1 is 1.19 bits per heavy atom. The molecule has 0 fully saturated rings. The minimum atomic E-state index is -3.79. The molecule has 0 radical (unpaired) electrons. The summed E-state index contributed by atoms with van der Waals surface area (Å²) in [5.41, 5.74) is 3.00. The Labute approximate surface area is 160 Å². The molecule has 6 nitrogen and oxygen atoms in total. The van der Waals surface area contributed by atoms with Crippen LogP contribution in [0.2, 0.25) is 0 Å². The summed E-state index contributed by atoms with van der Waals surface area (Å²) in [6, 6.07) is 8.51. The van der Waals surface area contributed by atoms with Gasteiger partial charge in [-0.05, 0) is 55.3 Å². The van der Waals surface area contributed by atoms with Crippen molar-refractivity contribution in [3.8, 4) is 0 Å². The van der Waals surface area contributed by atoms with Crippen LogP contribution in [0, 0.1) is 19.7 Å². The lowest BCUT2D eigenvalue weighted by Crippen LogP contribution is -2.27. The van der Waals surface area contributed by atoms with E-state index in [9.17, 15) is 17.6 Å². The summed E-state index contributed by atoms with van der Waals surface area (Å²) < 4.78 is 40.4. The number of amides is 1. The highest BCUT2D eigenvalue weighted by atomic mass is 32.2. The number of nitrogens with one attached hydrogen (secondary N) is 2. The molecule has 2 N–H and O–H groups in total. The number of carbonyl (C=O) groups excluding carboxylic acids is 1. The lowest BCUT2D eigenvalue weighted by molar-refractivity contribution is -0.116. The summed E-state index contributed by atoms with van der Waals surface area (Å²) in [6.07, 6.45) is -0.0473. The average molecular weight is 407 g/mol. The van der Waals surface area contributed by atoms with Crippen LogP contribution < -0.4 is 10.0 Å². The molecule has 0 bridgehead atoms. The molecule has 0 aliphatic heterocycles. The summed E-state index contributed by atoms with van der Waals surface area (Å²) in [4.78, 5) is 16.4. The molecular formula is C18H18FN3O3S2. The molecule has 0 aliphatic carbocycles. The number of sulfonamides is 1. The van der Waals surface area contributed by atoms with E-state index in [1.165, 1.54) is 23.5 Å². The normalized spacial score (nSPS) is 11.7. The van der Waals surface area contributed by atoms with Crippen molar-refractivity contribution in [3.05, 3.63) is 53.3 Å². The molecule has 0 saturated carbocycles. The van der Waals surface area contributed by atoms with E-state index < -0.39 is 15.8 Å². The van der Waals surface area contributed by atoms with Gasteiger partial charge in [-0.1, -0.05) is 17.4 Å². The van der Waals surface area contributed by atoms with Crippen molar-refractivity contribution in [1.82, 2.24) is 9.71 Å². The van der Waals surface area contributed by atoms with Gasteiger partial charge in [-0.2, -0.15) is 0 Å². The van der Waals surface area contributed by atoms with Crippen molar-refractivity contribution in [2.24, 2.45) is 0 Å². The maximum absolute atomic E-state index is 12.9. The lowest BCUT2D eigenvalue weighted by Gasteiger charge is -2.06. The summed E-state index contributed by atoms with van der Waals surface area (Å²) >= 11 is 1.37. The number of thiazole rings is 1. The quantitative estimate of drug-likeness (QED) is 0.656. The Bertz CT molecular complexity index is 1090. The third-order valence-electron chi connectivity index (χ3n) is 3.84. The smallest absolute Gasteiger partial charge is 0.240 e. The second-order valence-corrected chi connectivity index (χ2v) is 8.90. The predicted octanol–water partition coefficient (Wildman–Crippen LogP) is 3.36.